The van der Waals surface area contributed by atoms with Gasteiger partial charge in [-0.15, -0.1) is 0 Å². The Balaban J connectivity index is 1.31. The monoisotopic (exact) mass is 465 g/mol. The largest absolute Gasteiger partial charge is 0.497 e. The lowest BCUT2D eigenvalue weighted by Crippen LogP contribution is -2.47. The molecule has 1 aromatic heterocycles. The fourth-order valence-electron chi connectivity index (χ4n) is 3.69. The van der Waals surface area contributed by atoms with Crippen molar-refractivity contribution in [1.29, 1.82) is 0 Å². The SMILES string of the molecule is COc1cccc(NC(=O)CSc2cc(N3CCN(c4ccccc4OC)CC3)ncn2)c1. The van der Waals surface area contributed by atoms with Crippen LogP contribution in [-0.4, -0.2) is 62.0 Å². The predicted octanol–water partition coefficient (Wildman–Crippen LogP) is 3.55. The van der Waals surface area contributed by atoms with E-state index in [0.29, 0.717) is 11.4 Å². The van der Waals surface area contributed by atoms with E-state index in [2.05, 4.69) is 31.2 Å². The van der Waals surface area contributed by atoms with Gasteiger partial charge in [-0.05, 0) is 24.3 Å². The van der Waals surface area contributed by atoms with E-state index in [1.54, 1.807) is 26.6 Å². The van der Waals surface area contributed by atoms with Gasteiger partial charge in [-0.3, -0.25) is 4.79 Å². The van der Waals surface area contributed by atoms with Gasteiger partial charge in [0.15, 0.2) is 0 Å². The van der Waals surface area contributed by atoms with Crippen LogP contribution in [-0.2, 0) is 4.79 Å². The Morgan fingerprint density at radius 3 is 2.55 bits per heavy atom. The molecule has 0 aliphatic carbocycles. The van der Waals surface area contributed by atoms with E-state index in [-0.39, 0.29) is 11.7 Å². The first-order chi connectivity index (χ1) is 16.2. The van der Waals surface area contributed by atoms with Crippen molar-refractivity contribution in [1.82, 2.24) is 9.97 Å². The van der Waals surface area contributed by atoms with Crippen molar-refractivity contribution in [2.45, 2.75) is 5.03 Å². The molecule has 1 N–H and O–H groups in total. The molecule has 1 fully saturated rings. The van der Waals surface area contributed by atoms with Crippen LogP contribution in [0.25, 0.3) is 0 Å². The Labute approximate surface area is 197 Å². The first-order valence-corrected chi connectivity index (χ1v) is 11.7. The molecule has 2 aromatic carbocycles. The minimum Gasteiger partial charge on any atom is -0.497 e. The Morgan fingerprint density at radius 1 is 0.970 bits per heavy atom. The summed E-state index contributed by atoms with van der Waals surface area (Å²) in [5, 5.41) is 3.66. The van der Waals surface area contributed by atoms with Gasteiger partial charge in [-0.1, -0.05) is 30.0 Å². The second kappa shape index (κ2) is 10.9. The highest BCUT2D eigenvalue weighted by molar-refractivity contribution is 7.99. The molecule has 8 nitrogen and oxygen atoms in total. The number of nitrogens with one attached hydrogen (secondary N) is 1. The first kappa shape index (κ1) is 22.7. The third-order valence-corrected chi connectivity index (χ3v) is 6.29. The molecular formula is C24H27N5O3S. The summed E-state index contributed by atoms with van der Waals surface area (Å²) >= 11 is 1.39. The number of aromatic nitrogens is 2. The average molecular weight is 466 g/mol. The molecule has 3 aromatic rings. The predicted molar refractivity (Wildman–Crippen MR) is 132 cm³/mol. The number of ether oxygens (including phenoxy) is 2. The number of anilines is 3. The van der Waals surface area contributed by atoms with E-state index in [0.717, 1.165) is 48.5 Å². The van der Waals surface area contributed by atoms with Crippen LogP contribution >= 0.6 is 11.8 Å². The number of rotatable bonds is 8. The van der Waals surface area contributed by atoms with Crippen molar-refractivity contribution in [2.24, 2.45) is 0 Å². The van der Waals surface area contributed by atoms with E-state index >= 15 is 0 Å². The Hall–Kier alpha value is -3.46. The summed E-state index contributed by atoms with van der Waals surface area (Å²) in [7, 11) is 3.30. The lowest BCUT2D eigenvalue weighted by Gasteiger charge is -2.37. The van der Waals surface area contributed by atoms with Crippen molar-refractivity contribution in [2.75, 3.05) is 61.3 Å². The highest BCUT2D eigenvalue weighted by Gasteiger charge is 2.21. The second-order valence-corrected chi connectivity index (χ2v) is 8.42. The molecule has 0 unspecified atom stereocenters. The Morgan fingerprint density at radius 2 is 1.76 bits per heavy atom. The highest BCUT2D eigenvalue weighted by atomic mass is 32.2. The molecule has 1 aliphatic rings. The third-order valence-electron chi connectivity index (χ3n) is 5.36. The number of hydrogen-bond donors (Lipinski definition) is 1. The number of amides is 1. The van der Waals surface area contributed by atoms with Crippen LogP contribution in [0.15, 0.2) is 66.0 Å². The number of thioether (sulfide) groups is 1. The zero-order valence-electron chi connectivity index (χ0n) is 18.7. The molecule has 33 heavy (non-hydrogen) atoms. The van der Waals surface area contributed by atoms with Crippen molar-refractivity contribution >= 4 is 34.9 Å². The van der Waals surface area contributed by atoms with E-state index in [9.17, 15) is 4.79 Å². The number of carbonyl (C=O) groups excluding carboxylic acids is 1. The molecule has 1 aliphatic heterocycles. The van der Waals surface area contributed by atoms with Gasteiger partial charge in [0.2, 0.25) is 5.91 Å². The van der Waals surface area contributed by atoms with Gasteiger partial charge in [0.1, 0.15) is 28.7 Å². The number of nitrogens with zero attached hydrogens (tertiary/aromatic N) is 4. The summed E-state index contributed by atoms with van der Waals surface area (Å²) in [4.78, 5) is 25.7. The quantitative estimate of drug-likeness (QED) is 0.400. The molecule has 0 radical (unpaired) electrons. The number of carbonyl (C=O) groups is 1. The van der Waals surface area contributed by atoms with E-state index in [4.69, 9.17) is 9.47 Å². The van der Waals surface area contributed by atoms with Crippen LogP contribution in [0.5, 0.6) is 11.5 Å². The fourth-order valence-corrected chi connectivity index (χ4v) is 4.35. The van der Waals surface area contributed by atoms with Crippen LogP contribution in [0.1, 0.15) is 0 Å². The van der Waals surface area contributed by atoms with Crippen LogP contribution in [0.2, 0.25) is 0 Å². The van der Waals surface area contributed by atoms with Gasteiger partial charge in [-0.2, -0.15) is 0 Å². The van der Waals surface area contributed by atoms with Crippen LogP contribution in [0.3, 0.4) is 0 Å². The fraction of sp³-hybridized carbons (Fsp3) is 0.292. The van der Waals surface area contributed by atoms with Crippen LogP contribution in [0, 0.1) is 0 Å². The average Bonchev–Trinajstić information content (AvgIpc) is 2.88. The van der Waals surface area contributed by atoms with Gasteiger partial charge in [0.25, 0.3) is 0 Å². The topological polar surface area (TPSA) is 79.8 Å². The van der Waals surface area contributed by atoms with E-state index in [1.807, 2.05) is 42.5 Å². The van der Waals surface area contributed by atoms with Crippen molar-refractivity contribution < 1.29 is 14.3 Å². The standard InChI is InChI=1S/C24H27N5O3S/c1-31-19-7-5-6-18(14-19)27-23(30)16-33-24-15-22(25-17-26-24)29-12-10-28(11-13-29)20-8-3-4-9-21(20)32-2/h3-9,14-15,17H,10-13,16H2,1-2H3,(H,27,30). The molecule has 1 saturated heterocycles. The minimum absolute atomic E-state index is 0.0983. The molecule has 172 valence electrons. The summed E-state index contributed by atoms with van der Waals surface area (Å²) in [5.41, 5.74) is 1.82. The minimum atomic E-state index is -0.0983. The van der Waals surface area contributed by atoms with Gasteiger partial charge in [0, 0.05) is 44.0 Å². The lowest BCUT2D eigenvalue weighted by atomic mass is 10.2. The van der Waals surface area contributed by atoms with Gasteiger partial charge >= 0.3 is 0 Å². The van der Waals surface area contributed by atoms with E-state index in [1.165, 1.54) is 11.8 Å². The van der Waals surface area contributed by atoms with E-state index < -0.39 is 0 Å². The number of piperazine rings is 1. The molecular weight excluding hydrogens is 438 g/mol. The normalized spacial score (nSPS) is 13.5. The molecule has 0 bridgehead atoms. The van der Waals surface area contributed by atoms with Gasteiger partial charge in [-0.25, -0.2) is 9.97 Å². The number of para-hydroxylation sites is 2. The number of methoxy groups -OCH3 is 2. The summed E-state index contributed by atoms with van der Waals surface area (Å²) in [6.45, 7) is 3.43. The molecule has 9 heteroatoms. The maximum atomic E-state index is 12.4. The highest BCUT2D eigenvalue weighted by Crippen LogP contribution is 2.29. The summed E-state index contributed by atoms with van der Waals surface area (Å²) in [6, 6.07) is 17.3. The van der Waals surface area contributed by atoms with Crippen molar-refractivity contribution in [3.63, 3.8) is 0 Å². The summed E-state index contributed by atoms with van der Waals surface area (Å²) < 4.78 is 10.7. The van der Waals surface area contributed by atoms with Crippen LogP contribution in [0.4, 0.5) is 17.2 Å². The molecule has 2 heterocycles. The molecule has 0 saturated carbocycles. The number of benzene rings is 2. The molecule has 0 spiro atoms. The lowest BCUT2D eigenvalue weighted by molar-refractivity contribution is -0.113. The zero-order valence-corrected chi connectivity index (χ0v) is 19.5. The molecule has 4 rings (SSSR count). The van der Waals surface area contributed by atoms with Crippen molar-refractivity contribution in [3.8, 4) is 11.5 Å². The summed E-state index contributed by atoms with van der Waals surface area (Å²) in [6.07, 6.45) is 1.56. The first-order valence-electron chi connectivity index (χ1n) is 10.7. The maximum Gasteiger partial charge on any atom is 0.234 e. The maximum absolute atomic E-state index is 12.4. The Kier molecular flexibility index (Phi) is 7.51. The second-order valence-electron chi connectivity index (χ2n) is 7.43. The third kappa shape index (κ3) is 5.87. The van der Waals surface area contributed by atoms with Crippen LogP contribution < -0.4 is 24.6 Å². The van der Waals surface area contributed by atoms with Gasteiger partial charge in [0.05, 0.1) is 25.7 Å². The Bertz CT molecular complexity index is 1090. The molecule has 1 amide bonds. The van der Waals surface area contributed by atoms with Crippen molar-refractivity contribution in [3.05, 3.63) is 60.9 Å². The van der Waals surface area contributed by atoms with Gasteiger partial charge < -0.3 is 24.6 Å². The number of hydrogen-bond acceptors (Lipinski definition) is 8. The summed E-state index contributed by atoms with van der Waals surface area (Å²) in [5.74, 6) is 2.62. The zero-order chi connectivity index (χ0) is 23.0. The molecule has 0 atom stereocenters. The smallest absolute Gasteiger partial charge is 0.234 e.